The van der Waals surface area contributed by atoms with E-state index in [1.165, 1.54) is 6.42 Å². The van der Waals surface area contributed by atoms with E-state index < -0.39 is 5.79 Å². The summed E-state index contributed by atoms with van der Waals surface area (Å²) >= 11 is 0. The molecule has 26 heavy (non-hydrogen) atoms. The van der Waals surface area contributed by atoms with Crippen molar-refractivity contribution in [3.05, 3.63) is 0 Å². The third-order valence-electron chi connectivity index (χ3n) is 6.05. The molecule has 7 unspecified atom stereocenters. The van der Waals surface area contributed by atoms with Crippen molar-refractivity contribution in [1.29, 1.82) is 0 Å². The van der Waals surface area contributed by atoms with Crippen molar-refractivity contribution in [2.45, 2.75) is 97.1 Å². The highest BCUT2D eigenvalue weighted by atomic mass is 16.8. The number of amides is 1. The maximum absolute atomic E-state index is 12.4. The number of hydrogen-bond acceptors (Lipinski definition) is 5. The molecule has 0 radical (unpaired) electrons. The standard InChI is InChI=1S/C20H35NO5/c1-11(2)14-8-7-12(3)9-15(14)24-19(22)21-10-16-18-17(13(4)23-16)25-20(5,6)26-18/h11-18H,7-10H2,1-6H3,(H,21,22). The average molecular weight is 370 g/mol. The second-order valence-electron chi connectivity index (χ2n) is 9.10. The Hall–Kier alpha value is -0.850. The van der Waals surface area contributed by atoms with Crippen molar-refractivity contribution < 1.29 is 23.7 Å². The first-order chi connectivity index (χ1) is 12.2. The van der Waals surface area contributed by atoms with E-state index in [2.05, 4.69) is 26.1 Å². The Labute approximate surface area is 157 Å². The van der Waals surface area contributed by atoms with Crippen LogP contribution < -0.4 is 5.32 Å². The summed E-state index contributed by atoms with van der Waals surface area (Å²) in [7, 11) is 0. The quantitative estimate of drug-likeness (QED) is 0.822. The molecule has 6 nitrogen and oxygen atoms in total. The fourth-order valence-electron chi connectivity index (χ4n) is 4.68. The summed E-state index contributed by atoms with van der Waals surface area (Å²) in [5.41, 5.74) is 0. The van der Waals surface area contributed by atoms with Gasteiger partial charge in [-0.3, -0.25) is 0 Å². The zero-order valence-electron chi connectivity index (χ0n) is 17.0. The second-order valence-corrected chi connectivity index (χ2v) is 9.10. The van der Waals surface area contributed by atoms with Crippen LogP contribution in [0.15, 0.2) is 0 Å². The SMILES string of the molecule is CC1CCC(C(C)C)C(OC(=O)NCC2OC(C)C3OC(C)(C)OC23)C1. The van der Waals surface area contributed by atoms with Crippen LogP contribution in [0.3, 0.4) is 0 Å². The molecule has 2 aliphatic heterocycles. The maximum atomic E-state index is 12.4. The van der Waals surface area contributed by atoms with Crippen molar-refractivity contribution in [3.8, 4) is 0 Å². The number of hydrogen-bond donors (Lipinski definition) is 1. The molecule has 1 saturated carbocycles. The normalized spacial score (nSPS) is 41.9. The number of fused-ring (bicyclic) bond motifs is 1. The van der Waals surface area contributed by atoms with Crippen LogP contribution in [-0.2, 0) is 18.9 Å². The Kier molecular flexibility index (Phi) is 5.85. The van der Waals surface area contributed by atoms with Crippen LogP contribution in [0, 0.1) is 17.8 Å². The minimum absolute atomic E-state index is 0.0000780. The van der Waals surface area contributed by atoms with Crippen molar-refractivity contribution >= 4 is 6.09 Å². The van der Waals surface area contributed by atoms with Crippen LogP contribution >= 0.6 is 0 Å². The van der Waals surface area contributed by atoms with E-state index in [1.54, 1.807) is 0 Å². The topological polar surface area (TPSA) is 66.0 Å². The van der Waals surface area contributed by atoms with Gasteiger partial charge in [0.05, 0.1) is 6.10 Å². The molecule has 6 heteroatoms. The van der Waals surface area contributed by atoms with E-state index in [-0.39, 0.29) is 36.6 Å². The van der Waals surface area contributed by atoms with Gasteiger partial charge in [0.1, 0.15) is 24.4 Å². The van der Waals surface area contributed by atoms with Gasteiger partial charge in [0.15, 0.2) is 5.79 Å². The lowest BCUT2D eigenvalue weighted by Gasteiger charge is -2.36. The van der Waals surface area contributed by atoms with Gasteiger partial charge in [-0.05, 0) is 51.4 Å². The number of ether oxygens (including phenoxy) is 4. The molecule has 2 saturated heterocycles. The average Bonchev–Trinajstić information content (AvgIpc) is 2.99. The molecular formula is C20H35NO5. The van der Waals surface area contributed by atoms with E-state index in [4.69, 9.17) is 18.9 Å². The lowest BCUT2D eigenvalue weighted by atomic mass is 9.75. The van der Waals surface area contributed by atoms with Gasteiger partial charge in [-0.2, -0.15) is 0 Å². The summed E-state index contributed by atoms with van der Waals surface area (Å²) < 4.78 is 23.6. The van der Waals surface area contributed by atoms with Gasteiger partial charge in [0, 0.05) is 6.54 Å². The molecule has 0 aromatic heterocycles. The van der Waals surface area contributed by atoms with E-state index in [0.717, 1.165) is 12.8 Å². The van der Waals surface area contributed by atoms with Crippen LogP contribution in [0.25, 0.3) is 0 Å². The van der Waals surface area contributed by atoms with Crippen LogP contribution in [0.4, 0.5) is 4.79 Å². The summed E-state index contributed by atoms with van der Waals surface area (Å²) in [6.07, 6.45) is 2.44. The van der Waals surface area contributed by atoms with Gasteiger partial charge in [-0.25, -0.2) is 4.79 Å². The van der Waals surface area contributed by atoms with Crippen LogP contribution in [0.1, 0.15) is 60.8 Å². The molecule has 0 spiro atoms. The first-order valence-corrected chi connectivity index (χ1v) is 10.1. The van der Waals surface area contributed by atoms with Crippen molar-refractivity contribution in [2.24, 2.45) is 17.8 Å². The van der Waals surface area contributed by atoms with Gasteiger partial charge in [-0.15, -0.1) is 0 Å². The van der Waals surface area contributed by atoms with Crippen LogP contribution in [0.5, 0.6) is 0 Å². The Bertz CT molecular complexity index is 508. The van der Waals surface area contributed by atoms with Gasteiger partial charge in [-0.1, -0.05) is 27.2 Å². The molecule has 150 valence electrons. The Morgan fingerprint density at radius 1 is 1.19 bits per heavy atom. The molecule has 3 aliphatic rings. The first kappa shape index (κ1) is 19.9. The lowest BCUT2D eigenvalue weighted by Crippen LogP contribution is -2.43. The van der Waals surface area contributed by atoms with Gasteiger partial charge < -0.3 is 24.3 Å². The third-order valence-corrected chi connectivity index (χ3v) is 6.05. The van der Waals surface area contributed by atoms with E-state index >= 15 is 0 Å². The number of carbonyl (C=O) groups excluding carboxylic acids is 1. The van der Waals surface area contributed by atoms with Crippen molar-refractivity contribution in [1.82, 2.24) is 5.32 Å². The summed E-state index contributed by atoms with van der Waals surface area (Å²) in [4.78, 5) is 12.4. The molecule has 1 N–H and O–H groups in total. The van der Waals surface area contributed by atoms with E-state index in [0.29, 0.717) is 24.3 Å². The summed E-state index contributed by atoms with van der Waals surface area (Å²) in [5, 5.41) is 2.89. The molecular weight excluding hydrogens is 334 g/mol. The molecule has 1 amide bonds. The van der Waals surface area contributed by atoms with Gasteiger partial charge in [0.2, 0.25) is 0 Å². The Morgan fingerprint density at radius 3 is 2.58 bits per heavy atom. The summed E-state index contributed by atoms with van der Waals surface area (Å²) in [5.74, 6) is 0.964. The predicted molar refractivity (Wildman–Crippen MR) is 97.8 cm³/mol. The van der Waals surface area contributed by atoms with Crippen molar-refractivity contribution in [2.75, 3.05) is 6.54 Å². The third kappa shape index (κ3) is 4.34. The molecule has 2 heterocycles. The molecule has 0 aromatic carbocycles. The molecule has 0 aromatic rings. The zero-order valence-corrected chi connectivity index (χ0v) is 17.0. The first-order valence-electron chi connectivity index (χ1n) is 10.1. The van der Waals surface area contributed by atoms with E-state index in [9.17, 15) is 4.79 Å². The molecule has 1 aliphatic carbocycles. The minimum atomic E-state index is -0.602. The number of nitrogens with one attached hydrogen (secondary N) is 1. The van der Waals surface area contributed by atoms with Crippen molar-refractivity contribution in [3.63, 3.8) is 0 Å². The fraction of sp³-hybridized carbons (Fsp3) is 0.950. The number of carbonyl (C=O) groups is 1. The van der Waals surface area contributed by atoms with E-state index in [1.807, 2.05) is 20.8 Å². The second kappa shape index (κ2) is 7.64. The minimum Gasteiger partial charge on any atom is -0.446 e. The fourth-order valence-corrected chi connectivity index (χ4v) is 4.68. The highest BCUT2D eigenvalue weighted by molar-refractivity contribution is 5.67. The van der Waals surface area contributed by atoms with Gasteiger partial charge >= 0.3 is 6.09 Å². The summed E-state index contributed by atoms with van der Waals surface area (Å²) in [6.45, 7) is 12.8. The maximum Gasteiger partial charge on any atom is 0.407 e. The predicted octanol–water partition coefficient (Wildman–Crippen LogP) is 3.48. The Morgan fingerprint density at radius 2 is 1.88 bits per heavy atom. The molecule has 3 rings (SSSR count). The Balaban J connectivity index is 1.51. The largest absolute Gasteiger partial charge is 0.446 e. The van der Waals surface area contributed by atoms with Crippen LogP contribution in [0.2, 0.25) is 0 Å². The summed E-state index contributed by atoms with van der Waals surface area (Å²) in [6, 6.07) is 0. The zero-order chi connectivity index (χ0) is 19.1. The van der Waals surface area contributed by atoms with Gasteiger partial charge in [0.25, 0.3) is 0 Å². The number of rotatable bonds is 4. The van der Waals surface area contributed by atoms with Crippen LogP contribution in [-0.4, -0.2) is 48.9 Å². The monoisotopic (exact) mass is 369 g/mol. The molecule has 0 bridgehead atoms. The number of alkyl carbamates (subject to hydrolysis) is 1. The molecule has 7 atom stereocenters. The highest BCUT2D eigenvalue weighted by Crippen LogP contribution is 2.38. The highest BCUT2D eigenvalue weighted by Gasteiger charge is 2.53. The smallest absolute Gasteiger partial charge is 0.407 e. The molecule has 3 fully saturated rings. The lowest BCUT2D eigenvalue weighted by molar-refractivity contribution is -0.184.